The fourth-order valence-electron chi connectivity index (χ4n) is 1.93. The van der Waals surface area contributed by atoms with Crippen molar-refractivity contribution in [2.24, 2.45) is 0 Å². The Morgan fingerprint density at radius 2 is 2.00 bits per heavy atom. The van der Waals surface area contributed by atoms with Crippen LogP contribution >= 0.6 is 23.2 Å². The quantitative estimate of drug-likeness (QED) is 0.872. The summed E-state index contributed by atoms with van der Waals surface area (Å²) in [4.78, 5) is 4.41. The predicted octanol–water partition coefficient (Wildman–Crippen LogP) is 3.41. The second-order valence-corrected chi connectivity index (χ2v) is 5.16. The van der Waals surface area contributed by atoms with E-state index in [0.717, 1.165) is 19.4 Å². The van der Waals surface area contributed by atoms with Gasteiger partial charge in [-0.05, 0) is 25.8 Å². The first-order valence-electron chi connectivity index (χ1n) is 6.03. The van der Waals surface area contributed by atoms with E-state index < -0.39 is 0 Å². The zero-order valence-corrected chi connectivity index (χ0v) is 12.0. The van der Waals surface area contributed by atoms with E-state index in [2.05, 4.69) is 15.6 Å². The average molecular weight is 290 g/mol. The van der Waals surface area contributed by atoms with E-state index in [1.807, 2.05) is 6.92 Å². The molecule has 1 heterocycles. The Morgan fingerprint density at radius 3 is 2.61 bits per heavy atom. The maximum atomic E-state index is 6.13. The van der Waals surface area contributed by atoms with Crippen LogP contribution in [0.25, 0.3) is 0 Å². The van der Waals surface area contributed by atoms with Gasteiger partial charge in [0, 0.05) is 19.7 Å². The highest BCUT2D eigenvalue weighted by molar-refractivity contribution is 6.37. The SMILES string of the molecule is CCNc1nc(NC2CC(OC)C2)c(Cl)cc1Cl. The van der Waals surface area contributed by atoms with Gasteiger partial charge in [0.2, 0.25) is 0 Å². The number of hydrogen-bond acceptors (Lipinski definition) is 4. The molecule has 2 rings (SSSR count). The van der Waals surface area contributed by atoms with Crippen LogP contribution in [-0.2, 0) is 4.74 Å². The number of pyridine rings is 1. The summed E-state index contributed by atoms with van der Waals surface area (Å²) in [5, 5.41) is 7.50. The Morgan fingerprint density at radius 1 is 1.33 bits per heavy atom. The molecule has 0 unspecified atom stereocenters. The van der Waals surface area contributed by atoms with E-state index in [-0.39, 0.29) is 0 Å². The number of nitrogens with one attached hydrogen (secondary N) is 2. The molecule has 0 spiro atoms. The van der Waals surface area contributed by atoms with Gasteiger partial charge in [0.05, 0.1) is 16.1 Å². The summed E-state index contributed by atoms with van der Waals surface area (Å²) in [5.41, 5.74) is 0. The largest absolute Gasteiger partial charge is 0.381 e. The molecule has 0 saturated heterocycles. The van der Waals surface area contributed by atoms with Gasteiger partial charge in [-0.1, -0.05) is 23.2 Å². The summed E-state index contributed by atoms with van der Waals surface area (Å²) in [5.74, 6) is 1.34. The molecule has 0 radical (unpaired) electrons. The molecule has 4 nitrogen and oxygen atoms in total. The van der Waals surface area contributed by atoms with Crippen molar-refractivity contribution in [3.05, 3.63) is 16.1 Å². The molecule has 1 aromatic rings. The van der Waals surface area contributed by atoms with Crippen molar-refractivity contribution in [3.8, 4) is 0 Å². The molecular formula is C12H17Cl2N3O. The molecule has 0 aromatic carbocycles. The topological polar surface area (TPSA) is 46.2 Å². The third kappa shape index (κ3) is 2.99. The fraction of sp³-hybridized carbons (Fsp3) is 0.583. The van der Waals surface area contributed by atoms with Crippen molar-refractivity contribution in [3.63, 3.8) is 0 Å². The minimum Gasteiger partial charge on any atom is -0.381 e. The number of rotatable bonds is 5. The summed E-state index contributed by atoms with van der Waals surface area (Å²) in [7, 11) is 1.73. The van der Waals surface area contributed by atoms with Gasteiger partial charge < -0.3 is 15.4 Å². The second kappa shape index (κ2) is 5.95. The first-order valence-corrected chi connectivity index (χ1v) is 6.78. The van der Waals surface area contributed by atoms with Crippen molar-refractivity contribution in [2.75, 3.05) is 24.3 Å². The lowest BCUT2D eigenvalue weighted by Crippen LogP contribution is -2.40. The molecule has 0 aliphatic heterocycles. The summed E-state index contributed by atoms with van der Waals surface area (Å²) in [6.45, 7) is 2.76. The number of methoxy groups -OCH3 is 1. The van der Waals surface area contributed by atoms with Gasteiger partial charge in [-0.15, -0.1) is 0 Å². The van der Waals surface area contributed by atoms with Crippen LogP contribution in [0.15, 0.2) is 6.07 Å². The van der Waals surface area contributed by atoms with Crippen molar-refractivity contribution < 1.29 is 4.74 Å². The Kier molecular flexibility index (Phi) is 4.54. The highest BCUT2D eigenvalue weighted by atomic mass is 35.5. The van der Waals surface area contributed by atoms with E-state index in [1.165, 1.54) is 0 Å². The van der Waals surface area contributed by atoms with Gasteiger partial charge in [0.25, 0.3) is 0 Å². The van der Waals surface area contributed by atoms with Crippen molar-refractivity contribution in [1.82, 2.24) is 4.98 Å². The molecule has 18 heavy (non-hydrogen) atoms. The molecule has 6 heteroatoms. The van der Waals surface area contributed by atoms with Gasteiger partial charge in [-0.3, -0.25) is 0 Å². The molecule has 0 amide bonds. The smallest absolute Gasteiger partial charge is 0.147 e. The lowest BCUT2D eigenvalue weighted by atomic mass is 9.89. The number of nitrogens with zero attached hydrogens (tertiary/aromatic N) is 1. The van der Waals surface area contributed by atoms with Gasteiger partial charge in [-0.2, -0.15) is 0 Å². The maximum absolute atomic E-state index is 6.13. The van der Waals surface area contributed by atoms with Crippen LogP contribution in [0.5, 0.6) is 0 Å². The minimum absolute atomic E-state index is 0.349. The minimum atomic E-state index is 0.349. The molecular weight excluding hydrogens is 273 g/mol. The van der Waals surface area contributed by atoms with Crippen molar-refractivity contribution >= 4 is 34.8 Å². The van der Waals surface area contributed by atoms with E-state index in [0.29, 0.717) is 33.8 Å². The van der Waals surface area contributed by atoms with E-state index in [9.17, 15) is 0 Å². The zero-order chi connectivity index (χ0) is 13.1. The van der Waals surface area contributed by atoms with Gasteiger partial charge >= 0.3 is 0 Å². The number of hydrogen-bond donors (Lipinski definition) is 2. The monoisotopic (exact) mass is 289 g/mol. The lowest BCUT2D eigenvalue weighted by Gasteiger charge is -2.35. The molecule has 1 aromatic heterocycles. The van der Waals surface area contributed by atoms with E-state index in [1.54, 1.807) is 13.2 Å². The average Bonchev–Trinajstić information content (AvgIpc) is 2.28. The zero-order valence-electron chi connectivity index (χ0n) is 10.5. The number of ether oxygens (including phenoxy) is 1. The van der Waals surface area contributed by atoms with Crippen LogP contribution in [-0.4, -0.2) is 30.8 Å². The molecule has 0 bridgehead atoms. The van der Waals surface area contributed by atoms with Crippen molar-refractivity contribution in [2.45, 2.75) is 31.9 Å². The van der Waals surface area contributed by atoms with Crippen LogP contribution in [0.2, 0.25) is 10.0 Å². The first kappa shape index (κ1) is 13.7. The highest BCUT2D eigenvalue weighted by Crippen LogP contribution is 2.32. The highest BCUT2D eigenvalue weighted by Gasteiger charge is 2.29. The maximum Gasteiger partial charge on any atom is 0.147 e. The Labute approximate surface area is 117 Å². The Bertz CT molecular complexity index is 422. The number of halogens is 2. The van der Waals surface area contributed by atoms with Crippen LogP contribution in [0.1, 0.15) is 19.8 Å². The molecule has 2 N–H and O–H groups in total. The third-order valence-electron chi connectivity index (χ3n) is 3.04. The third-order valence-corrected chi connectivity index (χ3v) is 3.62. The summed E-state index contributed by atoms with van der Waals surface area (Å²) in [6, 6.07) is 2.08. The van der Waals surface area contributed by atoms with Crippen LogP contribution in [0.4, 0.5) is 11.6 Å². The molecule has 1 aliphatic rings. The molecule has 1 aliphatic carbocycles. The fourth-order valence-corrected chi connectivity index (χ4v) is 2.41. The molecule has 0 atom stereocenters. The summed E-state index contributed by atoms with van der Waals surface area (Å²) >= 11 is 12.2. The number of aromatic nitrogens is 1. The van der Waals surface area contributed by atoms with E-state index >= 15 is 0 Å². The van der Waals surface area contributed by atoms with Gasteiger partial charge in [-0.25, -0.2) is 4.98 Å². The predicted molar refractivity (Wildman–Crippen MR) is 75.9 cm³/mol. The summed E-state index contributed by atoms with van der Waals surface area (Å²) < 4.78 is 5.24. The van der Waals surface area contributed by atoms with Gasteiger partial charge in [0.15, 0.2) is 0 Å². The van der Waals surface area contributed by atoms with Crippen LogP contribution < -0.4 is 10.6 Å². The molecule has 1 fully saturated rings. The molecule has 1 saturated carbocycles. The standard InChI is InChI=1S/C12H17Cl2N3O/c1-3-15-11-9(13)6-10(14)12(17-11)16-7-4-8(5-7)18-2/h6-8H,3-5H2,1-2H3,(H2,15,16,17). The summed E-state index contributed by atoms with van der Waals surface area (Å²) in [6.07, 6.45) is 2.31. The van der Waals surface area contributed by atoms with Crippen LogP contribution in [0, 0.1) is 0 Å². The molecule has 100 valence electrons. The second-order valence-electron chi connectivity index (χ2n) is 4.35. The Balaban J connectivity index is 2.05. The normalized spacial score (nSPS) is 22.4. The van der Waals surface area contributed by atoms with Gasteiger partial charge in [0.1, 0.15) is 11.6 Å². The number of anilines is 2. The lowest BCUT2D eigenvalue weighted by molar-refractivity contribution is 0.0328. The first-order chi connectivity index (χ1) is 8.63. The van der Waals surface area contributed by atoms with E-state index in [4.69, 9.17) is 27.9 Å². The Hall–Kier alpha value is -0.710. The van der Waals surface area contributed by atoms with Crippen LogP contribution in [0.3, 0.4) is 0 Å². The van der Waals surface area contributed by atoms with Crippen molar-refractivity contribution in [1.29, 1.82) is 0 Å².